The molecule has 0 N–H and O–H groups in total. The summed E-state index contributed by atoms with van der Waals surface area (Å²) in [7, 11) is 0. The van der Waals surface area contributed by atoms with Crippen molar-refractivity contribution in [3.63, 3.8) is 0 Å². The fourth-order valence-electron chi connectivity index (χ4n) is 2.76. The number of hydrogen-bond acceptors (Lipinski definition) is 4. The number of ether oxygens (including phenoxy) is 1. The Bertz CT molecular complexity index is 610. The molecule has 1 aromatic heterocycles. The van der Waals surface area contributed by atoms with Crippen molar-refractivity contribution < 1.29 is 9.13 Å². The Morgan fingerprint density at radius 3 is 3.00 bits per heavy atom. The van der Waals surface area contributed by atoms with E-state index in [1.165, 1.54) is 17.4 Å². The van der Waals surface area contributed by atoms with Gasteiger partial charge < -0.3 is 4.74 Å². The summed E-state index contributed by atoms with van der Waals surface area (Å²) in [4.78, 5) is 7.00. The molecule has 1 aliphatic heterocycles. The third-order valence-corrected chi connectivity index (χ3v) is 4.95. The van der Waals surface area contributed by atoms with Gasteiger partial charge in [-0.2, -0.15) is 0 Å². The highest BCUT2D eigenvalue weighted by Gasteiger charge is 2.19. The van der Waals surface area contributed by atoms with Gasteiger partial charge in [0.1, 0.15) is 10.8 Å². The molecule has 0 aliphatic carbocycles. The predicted octanol–water partition coefficient (Wildman–Crippen LogP) is 3.81. The van der Waals surface area contributed by atoms with Crippen LogP contribution in [0.3, 0.4) is 0 Å². The normalized spacial score (nSPS) is 18.2. The van der Waals surface area contributed by atoms with Crippen molar-refractivity contribution in [1.82, 2.24) is 9.88 Å². The maximum atomic E-state index is 13.8. The molecule has 22 heavy (non-hydrogen) atoms. The zero-order chi connectivity index (χ0) is 15.4. The van der Waals surface area contributed by atoms with Crippen LogP contribution in [-0.2, 0) is 11.3 Å². The smallest absolute Gasteiger partial charge is 0.133 e. The average Bonchev–Trinajstić information content (AvgIpc) is 3.19. The summed E-state index contributed by atoms with van der Waals surface area (Å²) in [6, 6.07) is 6.81. The predicted molar refractivity (Wildman–Crippen MR) is 87.4 cm³/mol. The van der Waals surface area contributed by atoms with Crippen molar-refractivity contribution in [3.8, 4) is 10.6 Å². The van der Waals surface area contributed by atoms with Crippen molar-refractivity contribution in [2.24, 2.45) is 5.92 Å². The van der Waals surface area contributed by atoms with Gasteiger partial charge in [-0.15, -0.1) is 11.3 Å². The van der Waals surface area contributed by atoms with Crippen molar-refractivity contribution in [3.05, 3.63) is 41.2 Å². The molecule has 2 aromatic rings. The molecule has 0 saturated carbocycles. The van der Waals surface area contributed by atoms with Gasteiger partial charge in [-0.05, 0) is 31.0 Å². The molecule has 5 heteroatoms. The van der Waals surface area contributed by atoms with Gasteiger partial charge >= 0.3 is 0 Å². The quantitative estimate of drug-likeness (QED) is 0.809. The van der Waals surface area contributed by atoms with E-state index in [2.05, 4.69) is 16.8 Å². The lowest BCUT2D eigenvalue weighted by molar-refractivity contribution is 0.166. The fourth-order valence-corrected chi connectivity index (χ4v) is 3.60. The second-order valence-electron chi connectivity index (χ2n) is 5.68. The minimum Gasteiger partial charge on any atom is -0.381 e. The first-order valence-corrected chi connectivity index (χ1v) is 8.63. The Morgan fingerprint density at radius 2 is 2.27 bits per heavy atom. The van der Waals surface area contributed by atoms with Gasteiger partial charge in [0, 0.05) is 30.6 Å². The third kappa shape index (κ3) is 3.72. The van der Waals surface area contributed by atoms with Crippen molar-refractivity contribution >= 4 is 11.3 Å². The summed E-state index contributed by atoms with van der Waals surface area (Å²) in [5, 5.41) is 2.80. The van der Waals surface area contributed by atoms with Crippen LogP contribution in [0.1, 0.15) is 19.0 Å². The molecule has 1 fully saturated rings. The Morgan fingerprint density at radius 1 is 1.41 bits per heavy atom. The fraction of sp³-hybridized carbons (Fsp3) is 0.471. The number of benzene rings is 1. The van der Waals surface area contributed by atoms with E-state index in [-0.39, 0.29) is 5.82 Å². The number of nitrogens with zero attached hydrogens (tertiary/aromatic N) is 2. The Balaban J connectivity index is 1.66. The van der Waals surface area contributed by atoms with E-state index in [4.69, 9.17) is 4.74 Å². The van der Waals surface area contributed by atoms with Crippen LogP contribution in [0.15, 0.2) is 29.6 Å². The molecule has 3 rings (SSSR count). The van der Waals surface area contributed by atoms with E-state index in [1.807, 2.05) is 11.4 Å². The molecule has 0 radical (unpaired) electrons. The summed E-state index contributed by atoms with van der Waals surface area (Å²) in [6.07, 6.45) is 1.15. The molecule has 0 amide bonds. The lowest BCUT2D eigenvalue weighted by Gasteiger charge is -2.22. The summed E-state index contributed by atoms with van der Waals surface area (Å²) in [5.41, 5.74) is 1.61. The standard InChI is InChI=1S/C17H21FN2OS/c1-2-20(9-13-7-8-21-11-13)10-14-12-22-17(19-14)15-5-3-4-6-16(15)18/h3-6,12-13H,2,7-11H2,1H3/t13-/m0/s1. The number of rotatable bonds is 6. The summed E-state index contributed by atoms with van der Waals surface area (Å²) >= 11 is 1.51. The van der Waals surface area contributed by atoms with Gasteiger partial charge in [0.2, 0.25) is 0 Å². The van der Waals surface area contributed by atoms with Crippen LogP contribution in [0, 0.1) is 11.7 Å². The summed E-state index contributed by atoms with van der Waals surface area (Å²) in [6.45, 7) is 6.77. The monoisotopic (exact) mass is 320 g/mol. The van der Waals surface area contributed by atoms with E-state index in [1.54, 1.807) is 12.1 Å². The second-order valence-corrected chi connectivity index (χ2v) is 6.54. The zero-order valence-electron chi connectivity index (χ0n) is 12.8. The highest BCUT2D eigenvalue weighted by atomic mass is 32.1. The van der Waals surface area contributed by atoms with Gasteiger partial charge in [0.25, 0.3) is 0 Å². The third-order valence-electron chi connectivity index (χ3n) is 4.03. The number of halogens is 1. The van der Waals surface area contributed by atoms with Crippen molar-refractivity contribution in [1.29, 1.82) is 0 Å². The van der Waals surface area contributed by atoms with Gasteiger partial charge in [0.15, 0.2) is 0 Å². The van der Waals surface area contributed by atoms with Crippen LogP contribution < -0.4 is 0 Å². The van der Waals surface area contributed by atoms with E-state index >= 15 is 0 Å². The molecule has 1 aromatic carbocycles. The zero-order valence-corrected chi connectivity index (χ0v) is 13.6. The van der Waals surface area contributed by atoms with Gasteiger partial charge in [-0.3, -0.25) is 4.90 Å². The van der Waals surface area contributed by atoms with Gasteiger partial charge in [-0.25, -0.2) is 9.37 Å². The van der Waals surface area contributed by atoms with Crippen LogP contribution in [0.4, 0.5) is 4.39 Å². The van der Waals surface area contributed by atoms with E-state index in [9.17, 15) is 4.39 Å². The van der Waals surface area contributed by atoms with Gasteiger partial charge in [-0.1, -0.05) is 19.1 Å². The highest BCUT2D eigenvalue weighted by Crippen LogP contribution is 2.26. The Kier molecular flexibility index (Phi) is 5.18. The van der Waals surface area contributed by atoms with E-state index < -0.39 is 0 Å². The first-order valence-electron chi connectivity index (χ1n) is 7.75. The highest BCUT2D eigenvalue weighted by molar-refractivity contribution is 7.13. The molecule has 0 spiro atoms. The van der Waals surface area contributed by atoms with Crippen LogP contribution >= 0.6 is 11.3 Å². The molecule has 1 saturated heterocycles. The molecule has 0 bridgehead atoms. The van der Waals surface area contributed by atoms with Crippen molar-refractivity contribution in [2.45, 2.75) is 19.9 Å². The molecule has 2 heterocycles. The molecule has 0 unspecified atom stereocenters. The summed E-state index contributed by atoms with van der Waals surface area (Å²) in [5.74, 6) is 0.420. The topological polar surface area (TPSA) is 25.4 Å². The average molecular weight is 320 g/mol. The maximum absolute atomic E-state index is 13.8. The molecular weight excluding hydrogens is 299 g/mol. The minimum atomic E-state index is -0.209. The van der Waals surface area contributed by atoms with E-state index in [0.29, 0.717) is 11.5 Å². The second kappa shape index (κ2) is 7.31. The summed E-state index contributed by atoms with van der Waals surface area (Å²) < 4.78 is 19.3. The van der Waals surface area contributed by atoms with Crippen LogP contribution in [0.5, 0.6) is 0 Å². The largest absolute Gasteiger partial charge is 0.381 e. The molecular formula is C17H21FN2OS. The van der Waals surface area contributed by atoms with Crippen LogP contribution in [0.25, 0.3) is 10.6 Å². The molecule has 1 aliphatic rings. The number of thiazole rings is 1. The van der Waals surface area contributed by atoms with Crippen LogP contribution in [0.2, 0.25) is 0 Å². The molecule has 1 atom stereocenters. The lowest BCUT2D eigenvalue weighted by Crippen LogP contribution is -2.29. The van der Waals surface area contributed by atoms with Crippen molar-refractivity contribution in [2.75, 3.05) is 26.3 Å². The number of hydrogen-bond donors (Lipinski definition) is 0. The Labute approximate surface area is 134 Å². The minimum absolute atomic E-state index is 0.209. The molecule has 118 valence electrons. The number of aromatic nitrogens is 1. The van der Waals surface area contributed by atoms with Gasteiger partial charge in [0.05, 0.1) is 12.3 Å². The lowest BCUT2D eigenvalue weighted by atomic mass is 10.1. The van der Waals surface area contributed by atoms with E-state index in [0.717, 1.165) is 50.0 Å². The Hall–Kier alpha value is -1.30. The maximum Gasteiger partial charge on any atom is 0.133 e. The molecule has 3 nitrogen and oxygen atoms in total. The first kappa shape index (κ1) is 15.6. The van der Waals surface area contributed by atoms with Crippen LogP contribution in [-0.4, -0.2) is 36.2 Å². The SMILES string of the molecule is CCN(Cc1csc(-c2ccccc2F)n1)C[C@@H]1CCOC1. The first-order chi connectivity index (χ1) is 10.8.